The zero-order valence-electron chi connectivity index (χ0n) is 40.2. The van der Waals surface area contributed by atoms with Crippen molar-refractivity contribution >= 4 is 13.7 Å². The molecule has 354 valence electrons. The average Bonchev–Trinajstić information content (AvgIpc) is 3.20. The van der Waals surface area contributed by atoms with Gasteiger partial charge in [-0.3, -0.25) is 9.36 Å². The van der Waals surface area contributed by atoms with Gasteiger partial charge in [-0.15, -0.1) is 0 Å². The summed E-state index contributed by atoms with van der Waals surface area (Å²) in [5.74, 6) is -0.211. The van der Waals surface area contributed by atoms with Crippen molar-refractivity contribution in [2.45, 2.75) is 244 Å². The first kappa shape index (κ1) is 58.7. The normalized spacial score (nSPS) is 14.4. The van der Waals surface area contributed by atoms with Crippen molar-refractivity contribution in [1.29, 1.82) is 0 Å². The summed E-state index contributed by atoms with van der Waals surface area (Å²) in [4.78, 5) is 25.3. The van der Waals surface area contributed by atoms with Gasteiger partial charge in [-0.05, 0) is 38.5 Å². The Kier molecular flexibility index (Phi) is 42.1. The number of carbonyl (C=O) groups is 1. The molecule has 3 unspecified atom stereocenters. The van der Waals surface area contributed by atoms with E-state index < -0.39 is 26.6 Å². The molecule has 0 aromatic carbocycles. The summed E-state index contributed by atoms with van der Waals surface area (Å²) in [6, 6.07) is -0.905. The highest BCUT2D eigenvalue weighted by Crippen LogP contribution is 2.38. The van der Waals surface area contributed by atoms with Crippen molar-refractivity contribution in [3.63, 3.8) is 0 Å². The Labute approximate surface area is 372 Å². The molecule has 0 aromatic rings. The SMILES string of the molecule is CC/C=C/CC/C=C/CC/C=C/C(O)C(COP(=O)([O-])OCC[N+](C)(C)C)NC(=O)CCCCCCCCCCCCCCCCCCCCCCCCCCCCCC. The number of aliphatic hydroxyl groups excluding tert-OH is 1. The summed E-state index contributed by atoms with van der Waals surface area (Å²) in [6.07, 6.45) is 53.8. The van der Waals surface area contributed by atoms with Gasteiger partial charge in [0.15, 0.2) is 0 Å². The van der Waals surface area contributed by atoms with Crippen LogP contribution in [0.5, 0.6) is 0 Å². The number of allylic oxidation sites excluding steroid dienone is 5. The number of carbonyl (C=O) groups excluding carboxylic acids is 1. The largest absolute Gasteiger partial charge is 0.756 e. The number of amides is 1. The van der Waals surface area contributed by atoms with Gasteiger partial charge in [0.25, 0.3) is 7.82 Å². The summed E-state index contributed by atoms with van der Waals surface area (Å²) in [5.41, 5.74) is 0. The van der Waals surface area contributed by atoms with Gasteiger partial charge >= 0.3 is 0 Å². The van der Waals surface area contributed by atoms with Crippen LogP contribution in [-0.4, -0.2) is 68.5 Å². The maximum absolute atomic E-state index is 12.9. The van der Waals surface area contributed by atoms with E-state index in [1.54, 1.807) is 6.08 Å². The molecule has 3 atom stereocenters. The lowest BCUT2D eigenvalue weighted by atomic mass is 10.0. The van der Waals surface area contributed by atoms with Crippen molar-refractivity contribution in [3.05, 3.63) is 36.5 Å². The molecule has 0 rings (SSSR count). The molecule has 0 bridgehead atoms. The molecule has 0 spiro atoms. The van der Waals surface area contributed by atoms with E-state index >= 15 is 0 Å². The van der Waals surface area contributed by atoms with Crippen molar-refractivity contribution in [1.82, 2.24) is 5.32 Å². The van der Waals surface area contributed by atoms with Crippen LogP contribution in [0.1, 0.15) is 232 Å². The molecular weight excluding hydrogens is 768 g/mol. The second-order valence-corrected chi connectivity index (χ2v) is 19.9. The number of quaternary nitrogens is 1. The van der Waals surface area contributed by atoms with E-state index in [1.165, 1.54) is 161 Å². The molecule has 8 nitrogen and oxygen atoms in total. The van der Waals surface area contributed by atoms with Crippen molar-refractivity contribution in [2.75, 3.05) is 40.9 Å². The van der Waals surface area contributed by atoms with Crippen LogP contribution in [-0.2, 0) is 18.4 Å². The molecule has 0 radical (unpaired) electrons. The van der Waals surface area contributed by atoms with Gasteiger partial charge in [0, 0.05) is 6.42 Å². The van der Waals surface area contributed by atoms with E-state index in [9.17, 15) is 19.4 Å². The topological polar surface area (TPSA) is 108 Å². The van der Waals surface area contributed by atoms with Gasteiger partial charge < -0.3 is 28.8 Å². The molecule has 0 heterocycles. The molecule has 0 aliphatic rings. The minimum atomic E-state index is -4.59. The molecule has 9 heteroatoms. The standard InChI is InChI=1S/C51H99N2O6P/c1-6-8-10-12-14-16-18-19-20-21-22-23-24-25-26-27-28-29-30-31-32-33-34-35-37-39-41-43-45-51(55)52-49(48-59-60(56,57)58-47-46-53(3,4)5)50(54)44-42-40-38-36-17-15-13-11-9-7-2/h9,11,17,36,42,44,49-50,54H,6-8,10,12-16,18-35,37-41,43,45-48H2,1-5H3,(H-,52,55,56,57)/b11-9+,36-17+,44-42+. The Morgan fingerprint density at radius 3 is 1.33 bits per heavy atom. The average molecular weight is 867 g/mol. The predicted molar refractivity (Wildman–Crippen MR) is 256 cm³/mol. The zero-order chi connectivity index (χ0) is 44.3. The third-order valence-corrected chi connectivity index (χ3v) is 12.3. The van der Waals surface area contributed by atoms with Crippen molar-refractivity contribution < 1.29 is 32.9 Å². The number of likely N-dealkylation sites (N-methyl/N-ethyl adjacent to an activating group) is 1. The summed E-state index contributed by atoms with van der Waals surface area (Å²) in [5, 5.41) is 13.7. The van der Waals surface area contributed by atoms with E-state index in [1.807, 2.05) is 27.2 Å². The first-order valence-electron chi connectivity index (χ1n) is 25.4. The van der Waals surface area contributed by atoms with Gasteiger partial charge in [-0.2, -0.15) is 0 Å². The van der Waals surface area contributed by atoms with E-state index in [0.29, 0.717) is 17.4 Å². The Bertz CT molecular complexity index is 1070. The van der Waals surface area contributed by atoms with Crippen LogP contribution in [0, 0.1) is 0 Å². The lowest BCUT2D eigenvalue weighted by molar-refractivity contribution is -0.870. The number of unbranched alkanes of at least 4 members (excludes halogenated alkanes) is 29. The van der Waals surface area contributed by atoms with Gasteiger partial charge in [0.1, 0.15) is 13.2 Å². The smallest absolute Gasteiger partial charge is 0.268 e. The number of hydrogen-bond donors (Lipinski definition) is 2. The summed E-state index contributed by atoms with van der Waals surface area (Å²) in [7, 11) is 1.24. The van der Waals surface area contributed by atoms with E-state index in [4.69, 9.17) is 9.05 Å². The van der Waals surface area contributed by atoms with Gasteiger partial charge in [-0.25, -0.2) is 0 Å². The number of phosphoric acid groups is 1. The number of aliphatic hydroxyl groups is 1. The Morgan fingerprint density at radius 1 is 0.583 bits per heavy atom. The molecule has 0 aliphatic carbocycles. The Balaban J connectivity index is 4.05. The van der Waals surface area contributed by atoms with Crippen LogP contribution in [0.15, 0.2) is 36.5 Å². The van der Waals surface area contributed by atoms with Crippen LogP contribution >= 0.6 is 7.82 Å². The first-order chi connectivity index (χ1) is 29.0. The number of nitrogens with one attached hydrogen (secondary N) is 1. The van der Waals surface area contributed by atoms with E-state index in [2.05, 4.69) is 43.5 Å². The van der Waals surface area contributed by atoms with Crippen LogP contribution in [0.25, 0.3) is 0 Å². The molecule has 0 fully saturated rings. The minimum absolute atomic E-state index is 0.00812. The predicted octanol–water partition coefficient (Wildman–Crippen LogP) is 14.0. The summed E-state index contributed by atoms with van der Waals surface area (Å²) >= 11 is 0. The Hall–Kier alpha value is -1.28. The third kappa shape index (κ3) is 44.8. The van der Waals surface area contributed by atoms with Crippen LogP contribution in [0.3, 0.4) is 0 Å². The lowest BCUT2D eigenvalue weighted by Crippen LogP contribution is -2.45. The molecular formula is C51H99N2O6P. The monoisotopic (exact) mass is 867 g/mol. The summed E-state index contributed by atoms with van der Waals surface area (Å²) < 4.78 is 23.2. The van der Waals surface area contributed by atoms with E-state index in [-0.39, 0.29) is 12.5 Å². The number of rotatable bonds is 46. The molecule has 0 saturated heterocycles. The number of nitrogens with zero attached hydrogens (tertiary/aromatic N) is 1. The molecule has 1 amide bonds. The molecule has 0 saturated carbocycles. The lowest BCUT2D eigenvalue weighted by Gasteiger charge is -2.29. The van der Waals surface area contributed by atoms with Crippen LogP contribution in [0.2, 0.25) is 0 Å². The number of phosphoric ester groups is 1. The quantitative estimate of drug-likeness (QED) is 0.0273. The second-order valence-electron chi connectivity index (χ2n) is 18.5. The highest BCUT2D eigenvalue weighted by atomic mass is 31.2. The van der Waals surface area contributed by atoms with E-state index in [0.717, 1.165) is 51.4 Å². The summed E-state index contributed by atoms with van der Waals surface area (Å²) in [6.45, 7) is 4.51. The first-order valence-corrected chi connectivity index (χ1v) is 26.8. The van der Waals surface area contributed by atoms with Crippen LogP contribution in [0.4, 0.5) is 0 Å². The molecule has 2 N–H and O–H groups in total. The van der Waals surface area contributed by atoms with Gasteiger partial charge in [0.2, 0.25) is 5.91 Å². The van der Waals surface area contributed by atoms with Gasteiger partial charge in [0.05, 0.1) is 39.9 Å². The maximum Gasteiger partial charge on any atom is 0.268 e. The third-order valence-electron chi connectivity index (χ3n) is 11.3. The van der Waals surface area contributed by atoms with Crippen molar-refractivity contribution in [2.24, 2.45) is 0 Å². The molecule has 0 aromatic heterocycles. The highest BCUT2D eigenvalue weighted by Gasteiger charge is 2.23. The fourth-order valence-corrected chi connectivity index (χ4v) is 8.09. The molecule has 0 aliphatic heterocycles. The van der Waals surface area contributed by atoms with Crippen LogP contribution < -0.4 is 10.2 Å². The fraction of sp³-hybridized carbons (Fsp3) is 0.863. The number of hydrogen-bond acceptors (Lipinski definition) is 6. The minimum Gasteiger partial charge on any atom is -0.756 e. The van der Waals surface area contributed by atoms with Crippen molar-refractivity contribution in [3.8, 4) is 0 Å². The molecule has 60 heavy (non-hydrogen) atoms. The Morgan fingerprint density at radius 2 is 0.950 bits per heavy atom. The van der Waals surface area contributed by atoms with Gasteiger partial charge in [-0.1, -0.05) is 224 Å². The zero-order valence-corrected chi connectivity index (χ0v) is 41.1. The second kappa shape index (κ2) is 43.0. The fourth-order valence-electron chi connectivity index (χ4n) is 7.37. The highest BCUT2D eigenvalue weighted by molar-refractivity contribution is 7.45. The maximum atomic E-state index is 12.9.